The quantitative estimate of drug-likeness (QED) is 0.921. The predicted molar refractivity (Wildman–Crippen MR) is 91.7 cm³/mol. The van der Waals surface area contributed by atoms with Crippen LogP contribution < -0.4 is 15.4 Å². The summed E-state index contributed by atoms with van der Waals surface area (Å²) in [6.07, 6.45) is 4.18. The molecule has 1 saturated heterocycles. The number of anilines is 1. The van der Waals surface area contributed by atoms with E-state index in [9.17, 15) is 4.79 Å². The number of carbonyl (C=O) groups is 1. The number of ether oxygens (including phenoxy) is 1. The van der Waals surface area contributed by atoms with Gasteiger partial charge in [-0.15, -0.1) is 0 Å². The fourth-order valence-electron chi connectivity index (χ4n) is 3.87. The first-order chi connectivity index (χ1) is 11.2. The zero-order chi connectivity index (χ0) is 16.3. The molecule has 1 heterocycles. The van der Waals surface area contributed by atoms with Crippen LogP contribution in [-0.4, -0.2) is 50.6 Å². The molecule has 1 amide bonds. The van der Waals surface area contributed by atoms with Crippen molar-refractivity contribution in [3.8, 4) is 5.75 Å². The fourth-order valence-corrected chi connectivity index (χ4v) is 3.87. The van der Waals surface area contributed by atoms with Gasteiger partial charge in [0.1, 0.15) is 5.75 Å². The van der Waals surface area contributed by atoms with Crippen LogP contribution in [0.5, 0.6) is 5.75 Å². The van der Waals surface area contributed by atoms with Crippen LogP contribution in [0, 0.1) is 5.41 Å². The summed E-state index contributed by atoms with van der Waals surface area (Å²) in [7, 11) is 1.68. The Balaban J connectivity index is 1.63. The third-order valence-electron chi connectivity index (χ3n) is 5.39. The summed E-state index contributed by atoms with van der Waals surface area (Å²) in [5.41, 5.74) is 6.83. The van der Waals surface area contributed by atoms with E-state index in [4.69, 9.17) is 10.5 Å². The first-order valence-corrected chi connectivity index (χ1v) is 8.57. The zero-order valence-corrected chi connectivity index (χ0v) is 14.0. The molecule has 1 aromatic carbocycles. The molecular weight excluding hydrogens is 290 g/mol. The normalized spacial score (nSPS) is 20.6. The SMILES string of the molecule is COc1cccc(N2CCN(C(=O)C3(CN)CCCC3)CC2)c1. The number of carbonyl (C=O) groups excluding carboxylic acids is 1. The van der Waals surface area contributed by atoms with Crippen LogP contribution in [0.4, 0.5) is 5.69 Å². The van der Waals surface area contributed by atoms with E-state index in [-0.39, 0.29) is 11.3 Å². The van der Waals surface area contributed by atoms with Crippen LogP contribution in [0.25, 0.3) is 0 Å². The third kappa shape index (κ3) is 3.15. The Labute approximate surface area is 138 Å². The first-order valence-electron chi connectivity index (χ1n) is 8.57. The third-order valence-corrected chi connectivity index (χ3v) is 5.39. The van der Waals surface area contributed by atoms with Crippen molar-refractivity contribution in [3.05, 3.63) is 24.3 Å². The maximum absolute atomic E-state index is 12.9. The van der Waals surface area contributed by atoms with Crippen LogP contribution in [0.15, 0.2) is 24.3 Å². The molecule has 23 heavy (non-hydrogen) atoms. The average molecular weight is 317 g/mol. The van der Waals surface area contributed by atoms with Crippen molar-refractivity contribution in [2.75, 3.05) is 44.7 Å². The van der Waals surface area contributed by atoms with E-state index in [1.54, 1.807) is 7.11 Å². The molecule has 126 valence electrons. The van der Waals surface area contributed by atoms with Gasteiger partial charge in [0.25, 0.3) is 0 Å². The Morgan fingerprint density at radius 1 is 1.22 bits per heavy atom. The topological polar surface area (TPSA) is 58.8 Å². The summed E-state index contributed by atoms with van der Waals surface area (Å²) in [5, 5.41) is 0. The Bertz CT molecular complexity index is 547. The predicted octanol–water partition coefficient (Wildman–Crippen LogP) is 1.86. The number of hydrogen-bond donors (Lipinski definition) is 1. The largest absolute Gasteiger partial charge is 0.497 e. The zero-order valence-electron chi connectivity index (χ0n) is 14.0. The fraction of sp³-hybridized carbons (Fsp3) is 0.611. The molecule has 0 radical (unpaired) electrons. The minimum atomic E-state index is -0.280. The maximum Gasteiger partial charge on any atom is 0.230 e. The molecule has 0 atom stereocenters. The molecule has 1 aliphatic carbocycles. The summed E-state index contributed by atoms with van der Waals surface area (Å²) >= 11 is 0. The van der Waals surface area contributed by atoms with Gasteiger partial charge in [0.2, 0.25) is 5.91 Å². The summed E-state index contributed by atoms with van der Waals surface area (Å²) in [5.74, 6) is 1.15. The molecule has 5 heteroatoms. The van der Waals surface area contributed by atoms with Gasteiger partial charge in [0.05, 0.1) is 12.5 Å². The first kappa shape index (κ1) is 16.1. The molecule has 0 bridgehead atoms. The molecule has 1 saturated carbocycles. The molecule has 5 nitrogen and oxygen atoms in total. The van der Waals surface area contributed by atoms with Crippen LogP contribution in [-0.2, 0) is 4.79 Å². The Hall–Kier alpha value is -1.75. The van der Waals surface area contributed by atoms with Crippen molar-refractivity contribution in [1.82, 2.24) is 4.90 Å². The van der Waals surface area contributed by atoms with E-state index in [1.165, 1.54) is 0 Å². The highest BCUT2D eigenvalue weighted by Crippen LogP contribution is 2.39. The van der Waals surface area contributed by atoms with Gasteiger partial charge in [-0.25, -0.2) is 0 Å². The van der Waals surface area contributed by atoms with Crippen LogP contribution in [0.3, 0.4) is 0 Å². The van der Waals surface area contributed by atoms with Crippen molar-refractivity contribution >= 4 is 11.6 Å². The standard InChI is InChI=1S/C18H27N3O2/c1-23-16-6-4-5-15(13-16)20-9-11-21(12-10-20)17(22)18(14-19)7-2-3-8-18/h4-6,13H,2-3,7-12,14,19H2,1H3. The average Bonchev–Trinajstić information content (AvgIpc) is 3.11. The lowest BCUT2D eigenvalue weighted by molar-refractivity contribution is -0.141. The van der Waals surface area contributed by atoms with E-state index in [0.29, 0.717) is 6.54 Å². The van der Waals surface area contributed by atoms with Gasteiger partial charge in [0, 0.05) is 44.5 Å². The van der Waals surface area contributed by atoms with E-state index in [0.717, 1.165) is 63.3 Å². The van der Waals surface area contributed by atoms with Gasteiger partial charge in [-0.1, -0.05) is 18.9 Å². The summed E-state index contributed by atoms with van der Waals surface area (Å²) in [4.78, 5) is 17.2. The van der Waals surface area contributed by atoms with E-state index in [2.05, 4.69) is 17.0 Å². The van der Waals surface area contributed by atoms with E-state index < -0.39 is 0 Å². The minimum absolute atomic E-state index is 0.280. The summed E-state index contributed by atoms with van der Waals surface area (Å²) in [6, 6.07) is 8.11. The number of benzene rings is 1. The molecule has 2 fully saturated rings. The van der Waals surface area contributed by atoms with Crippen LogP contribution in [0.2, 0.25) is 0 Å². The molecule has 2 aliphatic rings. The number of amides is 1. The van der Waals surface area contributed by atoms with Gasteiger partial charge < -0.3 is 20.3 Å². The lowest BCUT2D eigenvalue weighted by Crippen LogP contribution is -2.54. The highest BCUT2D eigenvalue weighted by Gasteiger charge is 2.42. The molecule has 0 spiro atoms. The Kier molecular flexibility index (Phi) is 4.76. The second-order valence-corrected chi connectivity index (χ2v) is 6.67. The second-order valence-electron chi connectivity index (χ2n) is 6.67. The number of nitrogens with two attached hydrogens (primary N) is 1. The number of nitrogens with zero attached hydrogens (tertiary/aromatic N) is 2. The van der Waals surface area contributed by atoms with Crippen molar-refractivity contribution in [2.45, 2.75) is 25.7 Å². The minimum Gasteiger partial charge on any atom is -0.497 e. The summed E-state index contributed by atoms with van der Waals surface area (Å²) < 4.78 is 5.30. The Morgan fingerprint density at radius 2 is 1.91 bits per heavy atom. The number of piperazine rings is 1. The molecule has 3 rings (SSSR count). The smallest absolute Gasteiger partial charge is 0.230 e. The molecular formula is C18H27N3O2. The van der Waals surface area contributed by atoms with Gasteiger partial charge in [-0.3, -0.25) is 4.79 Å². The molecule has 0 aromatic heterocycles. The van der Waals surface area contributed by atoms with E-state index in [1.807, 2.05) is 17.0 Å². The lowest BCUT2D eigenvalue weighted by Gasteiger charge is -2.40. The highest BCUT2D eigenvalue weighted by atomic mass is 16.5. The van der Waals surface area contributed by atoms with Gasteiger partial charge >= 0.3 is 0 Å². The van der Waals surface area contributed by atoms with Gasteiger partial charge in [0.15, 0.2) is 0 Å². The van der Waals surface area contributed by atoms with Crippen molar-refractivity contribution < 1.29 is 9.53 Å². The van der Waals surface area contributed by atoms with Crippen molar-refractivity contribution in [2.24, 2.45) is 11.1 Å². The molecule has 1 aliphatic heterocycles. The number of hydrogen-bond acceptors (Lipinski definition) is 4. The van der Waals surface area contributed by atoms with Crippen LogP contribution in [0.1, 0.15) is 25.7 Å². The summed E-state index contributed by atoms with van der Waals surface area (Å²) in [6.45, 7) is 3.76. The van der Waals surface area contributed by atoms with Crippen molar-refractivity contribution in [3.63, 3.8) is 0 Å². The van der Waals surface area contributed by atoms with Gasteiger partial charge in [-0.2, -0.15) is 0 Å². The molecule has 0 unspecified atom stereocenters. The molecule has 2 N–H and O–H groups in total. The van der Waals surface area contributed by atoms with Crippen molar-refractivity contribution in [1.29, 1.82) is 0 Å². The lowest BCUT2D eigenvalue weighted by atomic mass is 9.84. The van der Waals surface area contributed by atoms with Gasteiger partial charge in [-0.05, 0) is 25.0 Å². The van der Waals surface area contributed by atoms with E-state index >= 15 is 0 Å². The monoisotopic (exact) mass is 317 g/mol. The molecule has 1 aromatic rings. The number of rotatable bonds is 4. The number of methoxy groups -OCH3 is 1. The van der Waals surface area contributed by atoms with Crippen LogP contribution >= 0.6 is 0 Å². The second kappa shape index (κ2) is 6.79. The Morgan fingerprint density at radius 3 is 2.52 bits per heavy atom. The maximum atomic E-state index is 12.9. The highest BCUT2D eigenvalue weighted by molar-refractivity contribution is 5.83.